The molecule has 0 aliphatic carbocycles. The van der Waals surface area contributed by atoms with Crippen LogP contribution in [-0.4, -0.2) is 26.8 Å². The maximum atomic E-state index is 12.5. The third kappa shape index (κ3) is 6.24. The van der Waals surface area contributed by atoms with Crippen molar-refractivity contribution < 1.29 is 18.0 Å². The van der Waals surface area contributed by atoms with Crippen molar-refractivity contribution in [3.05, 3.63) is 76.0 Å². The molecule has 0 aliphatic heterocycles. The minimum Gasteiger partial charge on any atom is -0.326 e. The summed E-state index contributed by atoms with van der Waals surface area (Å²) in [6.45, 7) is 3.52. The van der Waals surface area contributed by atoms with E-state index in [0.29, 0.717) is 21.8 Å². The number of thiophene rings is 1. The molecule has 7 nitrogen and oxygen atoms in total. The third-order valence-electron chi connectivity index (χ3n) is 4.43. The van der Waals surface area contributed by atoms with Crippen LogP contribution in [0.4, 0.5) is 11.4 Å². The highest BCUT2D eigenvalue weighted by atomic mass is 32.2. The zero-order valence-electron chi connectivity index (χ0n) is 17.1. The van der Waals surface area contributed by atoms with Crippen LogP contribution in [0.25, 0.3) is 0 Å². The lowest BCUT2D eigenvalue weighted by Gasteiger charge is -2.11. The Balaban J connectivity index is 1.54. The van der Waals surface area contributed by atoms with Gasteiger partial charge in [-0.25, -0.2) is 13.1 Å². The van der Waals surface area contributed by atoms with Gasteiger partial charge < -0.3 is 10.6 Å². The SMILES string of the molecule is Cc1ccc(C)c(S(=O)(=O)NCCC(=O)Nc2cccc(NC(=O)c3cccs3)c2)c1. The molecule has 0 aliphatic rings. The smallest absolute Gasteiger partial charge is 0.265 e. The minimum atomic E-state index is -3.70. The maximum absolute atomic E-state index is 12.5. The lowest BCUT2D eigenvalue weighted by molar-refractivity contribution is -0.116. The van der Waals surface area contributed by atoms with Crippen molar-refractivity contribution in [1.29, 1.82) is 0 Å². The minimum absolute atomic E-state index is 0.0314. The van der Waals surface area contributed by atoms with Gasteiger partial charge in [0.1, 0.15) is 0 Å². The number of benzene rings is 2. The maximum Gasteiger partial charge on any atom is 0.265 e. The first kappa shape index (κ1) is 22.7. The molecule has 0 unspecified atom stereocenters. The van der Waals surface area contributed by atoms with Gasteiger partial charge in [-0.05, 0) is 60.7 Å². The Morgan fingerprint density at radius 3 is 2.39 bits per heavy atom. The van der Waals surface area contributed by atoms with E-state index in [0.717, 1.165) is 5.56 Å². The number of carbonyl (C=O) groups excluding carboxylic acids is 2. The van der Waals surface area contributed by atoms with E-state index in [1.807, 2.05) is 18.4 Å². The molecule has 0 atom stereocenters. The fourth-order valence-corrected chi connectivity index (χ4v) is 4.85. The Morgan fingerprint density at radius 1 is 0.935 bits per heavy atom. The molecule has 0 radical (unpaired) electrons. The van der Waals surface area contributed by atoms with Gasteiger partial charge >= 0.3 is 0 Å². The number of anilines is 2. The van der Waals surface area contributed by atoms with Crippen LogP contribution in [0, 0.1) is 13.8 Å². The van der Waals surface area contributed by atoms with E-state index in [4.69, 9.17) is 0 Å². The normalized spacial score (nSPS) is 11.2. The van der Waals surface area contributed by atoms with Crippen molar-refractivity contribution in [2.45, 2.75) is 25.2 Å². The van der Waals surface area contributed by atoms with E-state index in [1.165, 1.54) is 11.3 Å². The summed E-state index contributed by atoms with van der Waals surface area (Å²) in [6.07, 6.45) is -0.0319. The Bertz CT molecular complexity index is 1190. The Morgan fingerprint density at radius 2 is 1.68 bits per heavy atom. The van der Waals surface area contributed by atoms with Crippen LogP contribution in [0.5, 0.6) is 0 Å². The summed E-state index contributed by atoms with van der Waals surface area (Å²) in [7, 11) is -3.70. The van der Waals surface area contributed by atoms with Gasteiger partial charge in [0.25, 0.3) is 5.91 Å². The molecule has 162 valence electrons. The number of nitrogens with one attached hydrogen (secondary N) is 3. The lowest BCUT2D eigenvalue weighted by atomic mass is 10.2. The first-order chi connectivity index (χ1) is 14.7. The van der Waals surface area contributed by atoms with Gasteiger partial charge in [0.05, 0.1) is 9.77 Å². The molecule has 3 N–H and O–H groups in total. The first-order valence-electron chi connectivity index (χ1n) is 9.56. The van der Waals surface area contributed by atoms with E-state index >= 15 is 0 Å². The molecular formula is C22H23N3O4S2. The molecule has 2 aromatic carbocycles. The van der Waals surface area contributed by atoms with Gasteiger partial charge in [0, 0.05) is 24.3 Å². The molecule has 0 fully saturated rings. The summed E-state index contributed by atoms with van der Waals surface area (Å²) in [5.74, 6) is -0.565. The summed E-state index contributed by atoms with van der Waals surface area (Å²) in [6, 6.07) is 15.5. The van der Waals surface area contributed by atoms with Crippen molar-refractivity contribution in [2.24, 2.45) is 0 Å². The number of rotatable bonds is 8. The number of carbonyl (C=O) groups is 2. The highest BCUT2D eigenvalue weighted by molar-refractivity contribution is 7.89. The van der Waals surface area contributed by atoms with Crippen LogP contribution in [0.1, 0.15) is 27.2 Å². The molecule has 3 aromatic rings. The summed E-state index contributed by atoms with van der Waals surface area (Å²) < 4.78 is 27.5. The summed E-state index contributed by atoms with van der Waals surface area (Å²) in [5, 5.41) is 7.31. The summed E-state index contributed by atoms with van der Waals surface area (Å²) >= 11 is 1.34. The van der Waals surface area contributed by atoms with E-state index in [1.54, 1.807) is 55.5 Å². The highest BCUT2D eigenvalue weighted by Gasteiger charge is 2.17. The van der Waals surface area contributed by atoms with Gasteiger partial charge in [0.2, 0.25) is 15.9 Å². The molecular weight excluding hydrogens is 434 g/mol. The monoisotopic (exact) mass is 457 g/mol. The summed E-state index contributed by atoms with van der Waals surface area (Å²) in [4.78, 5) is 25.2. The molecule has 31 heavy (non-hydrogen) atoms. The quantitative estimate of drug-likeness (QED) is 0.477. The Hall–Kier alpha value is -3.01. The van der Waals surface area contributed by atoms with E-state index in [-0.39, 0.29) is 29.7 Å². The van der Waals surface area contributed by atoms with Gasteiger partial charge in [-0.3, -0.25) is 9.59 Å². The van der Waals surface area contributed by atoms with Gasteiger partial charge in [-0.1, -0.05) is 24.3 Å². The van der Waals surface area contributed by atoms with Crippen LogP contribution >= 0.6 is 11.3 Å². The van der Waals surface area contributed by atoms with Crippen LogP contribution < -0.4 is 15.4 Å². The molecule has 0 spiro atoms. The lowest BCUT2D eigenvalue weighted by Crippen LogP contribution is -2.28. The molecule has 9 heteroatoms. The molecule has 3 rings (SSSR count). The van der Waals surface area contributed by atoms with E-state index in [9.17, 15) is 18.0 Å². The molecule has 0 saturated heterocycles. The van der Waals surface area contributed by atoms with Gasteiger partial charge in [-0.15, -0.1) is 11.3 Å². The third-order valence-corrected chi connectivity index (χ3v) is 6.90. The average molecular weight is 458 g/mol. The number of amides is 2. The number of sulfonamides is 1. The average Bonchev–Trinajstić information content (AvgIpc) is 3.25. The predicted molar refractivity (Wildman–Crippen MR) is 123 cm³/mol. The van der Waals surface area contributed by atoms with Crippen molar-refractivity contribution in [2.75, 3.05) is 17.2 Å². The molecule has 0 bridgehead atoms. The number of aryl methyl sites for hydroxylation is 2. The second kappa shape index (κ2) is 9.86. The fraction of sp³-hybridized carbons (Fsp3) is 0.182. The van der Waals surface area contributed by atoms with Gasteiger partial charge in [-0.2, -0.15) is 0 Å². The second-order valence-electron chi connectivity index (χ2n) is 6.98. The van der Waals surface area contributed by atoms with Crippen LogP contribution in [0.15, 0.2) is 64.9 Å². The topological polar surface area (TPSA) is 104 Å². The second-order valence-corrected chi connectivity index (χ2v) is 9.66. The standard InChI is InChI=1S/C22H23N3O4S2/c1-15-8-9-16(2)20(13-15)31(28,29)23-11-10-21(26)24-17-5-3-6-18(14-17)25-22(27)19-7-4-12-30-19/h3-9,12-14,23H,10-11H2,1-2H3,(H,24,26)(H,25,27). The van der Waals surface area contributed by atoms with Crippen LogP contribution in [0.3, 0.4) is 0 Å². The zero-order chi connectivity index (χ0) is 22.4. The Kier molecular flexibility index (Phi) is 7.21. The molecule has 1 heterocycles. The summed E-state index contributed by atoms with van der Waals surface area (Å²) in [5.41, 5.74) is 2.54. The van der Waals surface area contributed by atoms with Crippen molar-refractivity contribution in [1.82, 2.24) is 4.72 Å². The van der Waals surface area contributed by atoms with Crippen LogP contribution in [-0.2, 0) is 14.8 Å². The van der Waals surface area contributed by atoms with Crippen molar-refractivity contribution in [3.8, 4) is 0 Å². The van der Waals surface area contributed by atoms with E-state index < -0.39 is 10.0 Å². The van der Waals surface area contributed by atoms with Crippen molar-refractivity contribution >= 4 is 44.5 Å². The Labute approximate surface area is 185 Å². The predicted octanol–water partition coefficient (Wildman–Crippen LogP) is 3.92. The van der Waals surface area contributed by atoms with Crippen molar-refractivity contribution in [3.63, 3.8) is 0 Å². The zero-order valence-corrected chi connectivity index (χ0v) is 18.8. The van der Waals surface area contributed by atoms with Gasteiger partial charge in [0.15, 0.2) is 0 Å². The molecule has 1 aromatic heterocycles. The fourth-order valence-electron chi connectivity index (χ4n) is 2.87. The molecule has 0 saturated carbocycles. The number of hydrogen-bond donors (Lipinski definition) is 3. The first-order valence-corrected chi connectivity index (χ1v) is 11.9. The van der Waals surface area contributed by atoms with E-state index in [2.05, 4.69) is 15.4 Å². The highest BCUT2D eigenvalue weighted by Crippen LogP contribution is 2.18. The number of hydrogen-bond acceptors (Lipinski definition) is 5. The van der Waals surface area contributed by atoms with Crippen LogP contribution in [0.2, 0.25) is 0 Å². The largest absolute Gasteiger partial charge is 0.326 e. The molecule has 2 amide bonds.